The zero-order chi connectivity index (χ0) is 9.68. The molecule has 0 aliphatic rings. The zero-order valence-corrected chi connectivity index (χ0v) is 9.98. The van der Waals surface area contributed by atoms with Gasteiger partial charge in [0.2, 0.25) is 0 Å². The molecule has 0 saturated heterocycles. The van der Waals surface area contributed by atoms with Crippen molar-refractivity contribution in [1.29, 1.82) is 5.26 Å². The Bertz CT molecular complexity index is 314. The summed E-state index contributed by atoms with van der Waals surface area (Å²) in [5, 5.41) is 9.81. The average Bonchev–Trinajstić information content (AvgIpc) is 2.56. The van der Waals surface area contributed by atoms with Gasteiger partial charge in [-0.3, -0.25) is 0 Å². The van der Waals surface area contributed by atoms with Crippen LogP contribution in [0.25, 0.3) is 0 Å². The van der Waals surface area contributed by atoms with Gasteiger partial charge in [-0.1, -0.05) is 6.92 Å². The van der Waals surface area contributed by atoms with Crippen molar-refractivity contribution in [1.82, 2.24) is 4.37 Å². The summed E-state index contributed by atoms with van der Waals surface area (Å²) < 4.78 is 5.29. The average molecular weight is 230 g/mol. The van der Waals surface area contributed by atoms with Gasteiger partial charge in [-0.2, -0.15) is 9.64 Å². The van der Waals surface area contributed by atoms with E-state index in [1.54, 1.807) is 23.5 Å². The van der Waals surface area contributed by atoms with Crippen LogP contribution in [-0.4, -0.2) is 16.4 Å². The third-order valence-electron chi connectivity index (χ3n) is 1.37. The fourth-order valence-electron chi connectivity index (χ4n) is 0.792. The molecule has 13 heavy (non-hydrogen) atoms. The van der Waals surface area contributed by atoms with E-state index in [1.165, 1.54) is 11.5 Å². The predicted molar refractivity (Wildman–Crippen MR) is 59.6 cm³/mol. The van der Waals surface area contributed by atoms with E-state index in [0.717, 1.165) is 27.0 Å². The van der Waals surface area contributed by atoms with Crippen LogP contribution in [-0.2, 0) is 0 Å². The van der Waals surface area contributed by atoms with Crippen molar-refractivity contribution in [3.8, 4) is 6.07 Å². The molecule has 0 aliphatic heterocycles. The lowest BCUT2D eigenvalue weighted by molar-refractivity contribution is 1.10. The second-order valence-electron chi connectivity index (χ2n) is 2.31. The van der Waals surface area contributed by atoms with E-state index in [-0.39, 0.29) is 0 Å². The van der Waals surface area contributed by atoms with E-state index in [9.17, 15) is 0 Å². The van der Waals surface area contributed by atoms with Crippen LogP contribution >= 0.6 is 35.1 Å². The maximum atomic E-state index is 8.91. The molecule has 5 heteroatoms. The van der Waals surface area contributed by atoms with Crippen molar-refractivity contribution < 1.29 is 0 Å². The molecule has 0 unspecified atom stereocenters. The first-order chi connectivity index (χ1) is 6.33. The summed E-state index contributed by atoms with van der Waals surface area (Å²) >= 11 is 4.69. The molecule has 2 nitrogen and oxygen atoms in total. The van der Waals surface area contributed by atoms with Crippen molar-refractivity contribution in [2.45, 2.75) is 22.6 Å². The van der Waals surface area contributed by atoms with Crippen molar-refractivity contribution in [3.05, 3.63) is 5.56 Å². The molecule has 0 spiro atoms. The summed E-state index contributed by atoms with van der Waals surface area (Å²) in [5.74, 6) is 1.03. The minimum absolute atomic E-state index is 0.760. The van der Waals surface area contributed by atoms with Gasteiger partial charge in [0.15, 0.2) is 0 Å². The van der Waals surface area contributed by atoms with Crippen LogP contribution in [0.15, 0.2) is 9.24 Å². The zero-order valence-electron chi connectivity index (χ0n) is 7.53. The molecule has 0 aliphatic carbocycles. The molecule has 0 bridgehead atoms. The molecule has 0 saturated carbocycles. The lowest BCUT2D eigenvalue weighted by atomic mass is 10.4. The molecule has 1 aromatic rings. The highest BCUT2D eigenvalue weighted by molar-refractivity contribution is 8.01. The Morgan fingerprint density at radius 3 is 2.92 bits per heavy atom. The topological polar surface area (TPSA) is 36.7 Å². The molecule has 1 aromatic heterocycles. The number of nitriles is 1. The Kier molecular flexibility index (Phi) is 4.64. The minimum atomic E-state index is 0.760. The van der Waals surface area contributed by atoms with Gasteiger partial charge in [-0.05, 0) is 30.0 Å². The highest BCUT2D eigenvalue weighted by atomic mass is 32.2. The molecule has 0 atom stereocenters. The summed E-state index contributed by atoms with van der Waals surface area (Å²) in [6.07, 6.45) is 3.09. The number of hydrogen-bond donors (Lipinski definition) is 0. The van der Waals surface area contributed by atoms with E-state index in [1.807, 2.05) is 6.26 Å². The van der Waals surface area contributed by atoms with Crippen molar-refractivity contribution >= 4 is 35.1 Å². The fraction of sp³-hybridized carbons (Fsp3) is 0.500. The maximum Gasteiger partial charge on any atom is 0.129 e. The van der Waals surface area contributed by atoms with Crippen LogP contribution in [0.4, 0.5) is 0 Å². The van der Waals surface area contributed by atoms with Gasteiger partial charge in [0.25, 0.3) is 0 Å². The Balaban J connectivity index is 2.83. The predicted octanol–water partition coefficient (Wildman–Crippen LogP) is 3.24. The van der Waals surface area contributed by atoms with Crippen molar-refractivity contribution in [2.24, 2.45) is 0 Å². The monoisotopic (exact) mass is 230 g/mol. The molecule has 0 amide bonds. The van der Waals surface area contributed by atoms with E-state index >= 15 is 0 Å². The highest BCUT2D eigenvalue weighted by Gasteiger charge is 2.12. The molecular formula is C8H10N2S3. The maximum absolute atomic E-state index is 8.91. The van der Waals surface area contributed by atoms with Crippen molar-refractivity contribution in [2.75, 3.05) is 12.0 Å². The first kappa shape index (κ1) is 10.9. The number of hydrogen-bond acceptors (Lipinski definition) is 5. The lowest BCUT2D eigenvalue weighted by Gasteiger charge is -1.94. The lowest BCUT2D eigenvalue weighted by Crippen LogP contribution is -1.80. The Morgan fingerprint density at radius 2 is 2.38 bits per heavy atom. The molecule has 0 N–H and O–H groups in total. The summed E-state index contributed by atoms with van der Waals surface area (Å²) in [6, 6.07) is 2.21. The van der Waals surface area contributed by atoms with Crippen LogP contribution in [0.5, 0.6) is 0 Å². The van der Waals surface area contributed by atoms with Crippen LogP contribution in [0.2, 0.25) is 0 Å². The Labute approximate surface area is 90.9 Å². The first-order valence-corrected chi connectivity index (χ1v) is 6.88. The first-order valence-electron chi connectivity index (χ1n) is 3.90. The normalized spacial score (nSPS) is 9.92. The van der Waals surface area contributed by atoms with Gasteiger partial charge >= 0.3 is 0 Å². The Hall–Kier alpha value is -0.180. The van der Waals surface area contributed by atoms with E-state index in [4.69, 9.17) is 5.26 Å². The third kappa shape index (κ3) is 2.63. The number of thioether (sulfide) groups is 2. The third-order valence-corrected chi connectivity index (χ3v) is 4.61. The van der Waals surface area contributed by atoms with E-state index in [0.29, 0.717) is 0 Å². The minimum Gasteiger partial charge on any atom is -0.192 e. The van der Waals surface area contributed by atoms with Gasteiger partial charge in [0, 0.05) is 0 Å². The molecule has 70 valence electrons. The smallest absolute Gasteiger partial charge is 0.129 e. The van der Waals surface area contributed by atoms with Crippen LogP contribution in [0, 0.1) is 11.3 Å². The number of aromatic nitrogens is 1. The molecule has 1 rings (SSSR count). The second-order valence-corrected chi connectivity index (χ2v) is 5.25. The van der Waals surface area contributed by atoms with Gasteiger partial charge in [-0.15, -0.1) is 23.5 Å². The van der Waals surface area contributed by atoms with Crippen molar-refractivity contribution in [3.63, 3.8) is 0 Å². The molecular weight excluding hydrogens is 220 g/mol. The second kappa shape index (κ2) is 5.53. The van der Waals surface area contributed by atoms with Gasteiger partial charge in [-0.25, -0.2) is 0 Å². The van der Waals surface area contributed by atoms with Crippen LogP contribution in [0.1, 0.15) is 18.9 Å². The number of rotatable bonds is 4. The van der Waals surface area contributed by atoms with Gasteiger partial charge in [0.05, 0.1) is 4.21 Å². The fourth-order valence-corrected chi connectivity index (χ4v) is 3.18. The van der Waals surface area contributed by atoms with E-state index in [2.05, 4.69) is 17.4 Å². The largest absolute Gasteiger partial charge is 0.192 e. The highest BCUT2D eigenvalue weighted by Crippen LogP contribution is 2.32. The van der Waals surface area contributed by atoms with Gasteiger partial charge < -0.3 is 0 Å². The SMILES string of the molecule is CCCSc1nsc(SC)c1C#N. The molecule has 1 heterocycles. The van der Waals surface area contributed by atoms with Crippen LogP contribution < -0.4 is 0 Å². The number of nitrogens with zero attached hydrogens (tertiary/aromatic N) is 2. The molecule has 0 fully saturated rings. The summed E-state index contributed by atoms with van der Waals surface area (Å²) in [4.78, 5) is 0. The van der Waals surface area contributed by atoms with Crippen LogP contribution in [0.3, 0.4) is 0 Å². The molecule has 0 radical (unpaired) electrons. The standard InChI is InChI=1S/C8H10N2S3/c1-3-4-12-7-6(5-9)8(11-2)13-10-7/h3-4H2,1-2H3. The Morgan fingerprint density at radius 1 is 1.62 bits per heavy atom. The summed E-state index contributed by atoms with van der Waals surface area (Å²) in [7, 11) is 0. The molecule has 0 aromatic carbocycles. The summed E-state index contributed by atoms with van der Waals surface area (Å²) in [6.45, 7) is 2.13. The van der Waals surface area contributed by atoms with E-state index < -0.39 is 0 Å². The van der Waals surface area contributed by atoms with Gasteiger partial charge in [0.1, 0.15) is 16.7 Å². The summed E-state index contributed by atoms with van der Waals surface area (Å²) in [5.41, 5.74) is 0.760. The quantitative estimate of drug-likeness (QED) is 0.744.